The fourth-order valence-electron chi connectivity index (χ4n) is 2.65. The Morgan fingerprint density at radius 2 is 1.83 bits per heavy atom. The third-order valence-corrected chi connectivity index (χ3v) is 4.25. The summed E-state index contributed by atoms with van der Waals surface area (Å²) in [6.07, 6.45) is -0.162. The molecule has 0 bridgehead atoms. The molecule has 3 N–H and O–H groups in total. The quantitative estimate of drug-likeness (QED) is 0.466. The number of para-hydroxylation sites is 1. The Labute approximate surface area is 178 Å². The van der Waals surface area contributed by atoms with Crippen LogP contribution in [-0.4, -0.2) is 33.5 Å². The highest BCUT2D eigenvalue weighted by Crippen LogP contribution is 2.22. The van der Waals surface area contributed by atoms with Gasteiger partial charge in [-0.05, 0) is 48.1 Å². The maximum absolute atomic E-state index is 11.3. The van der Waals surface area contributed by atoms with E-state index in [1.807, 2.05) is 30.3 Å². The zero-order valence-electron chi connectivity index (χ0n) is 16.1. The number of benzene rings is 2. The highest BCUT2D eigenvalue weighted by molar-refractivity contribution is 7.80. The third-order valence-electron chi connectivity index (χ3n) is 4.03. The van der Waals surface area contributed by atoms with E-state index >= 15 is 0 Å². The summed E-state index contributed by atoms with van der Waals surface area (Å²) in [7, 11) is 1.55. The van der Waals surface area contributed by atoms with Gasteiger partial charge in [0.25, 0.3) is 0 Å². The van der Waals surface area contributed by atoms with Crippen LogP contribution in [0, 0.1) is 0 Å². The van der Waals surface area contributed by atoms with E-state index in [1.165, 1.54) is 0 Å². The highest BCUT2D eigenvalue weighted by Gasteiger charge is 2.17. The zero-order chi connectivity index (χ0) is 21.3. The lowest BCUT2D eigenvalue weighted by Gasteiger charge is -2.20. The molecule has 30 heavy (non-hydrogen) atoms. The topological polar surface area (TPSA) is 106 Å². The van der Waals surface area contributed by atoms with Crippen molar-refractivity contribution in [2.24, 2.45) is 0 Å². The minimum atomic E-state index is -0.958. The first-order valence-corrected chi connectivity index (χ1v) is 9.44. The van der Waals surface area contributed by atoms with Gasteiger partial charge in [-0.2, -0.15) is 0 Å². The number of aliphatic carboxylic acids is 1. The summed E-state index contributed by atoms with van der Waals surface area (Å²) >= 11 is 5.32. The average Bonchev–Trinajstić information content (AvgIpc) is 2.75. The number of methoxy groups -OCH3 is 1. The number of thiocarbonyl (C=S) groups is 1. The van der Waals surface area contributed by atoms with E-state index in [-0.39, 0.29) is 11.5 Å². The van der Waals surface area contributed by atoms with Gasteiger partial charge < -0.3 is 25.2 Å². The Kier molecular flexibility index (Phi) is 7.12. The second-order valence-electron chi connectivity index (χ2n) is 6.20. The first-order chi connectivity index (χ1) is 14.5. The number of aromatic nitrogens is 2. The van der Waals surface area contributed by atoms with E-state index < -0.39 is 12.0 Å². The summed E-state index contributed by atoms with van der Waals surface area (Å²) in [5, 5.41) is 23.4. The normalized spacial score (nSPS) is 11.2. The molecular formula is C21H20N4O4S. The van der Waals surface area contributed by atoms with E-state index in [2.05, 4.69) is 20.8 Å². The van der Waals surface area contributed by atoms with E-state index in [4.69, 9.17) is 21.7 Å². The van der Waals surface area contributed by atoms with Crippen LogP contribution in [0.3, 0.4) is 0 Å². The van der Waals surface area contributed by atoms with Crippen molar-refractivity contribution >= 4 is 29.1 Å². The van der Waals surface area contributed by atoms with E-state index in [9.17, 15) is 9.90 Å². The molecular weight excluding hydrogens is 404 g/mol. The third kappa shape index (κ3) is 6.14. The Balaban J connectivity index is 1.63. The van der Waals surface area contributed by atoms with Crippen LogP contribution in [0.15, 0.2) is 66.7 Å². The molecule has 1 aromatic heterocycles. The van der Waals surface area contributed by atoms with Crippen LogP contribution >= 0.6 is 12.2 Å². The van der Waals surface area contributed by atoms with Gasteiger partial charge in [-0.25, -0.2) is 0 Å². The van der Waals surface area contributed by atoms with Crippen LogP contribution in [0.1, 0.15) is 18.0 Å². The molecule has 3 aromatic rings. The van der Waals surface area contributed by atoms with Gasteiger partial charge in [0.05, 0.1) is 19.6 Å². The number of hydrogen-bond donors (Lipinski definition) is 3. The average molecular weight is 424 g/mol. The predicted octanol–water partition coefficient (Wildman–Crippen LogP) is 3.78. The fraction of sp³-hybridized carbons (Fsp3) is 0.143. The predicted molar refractivity (Wildman–Crippen MR) is 116 cm³/mol. The van der Waals surface area contributed by atoms with Crippen LogP contribution in [0.2, 0.25) is 0 Å². The van der Waals surface area contributed by atoms with Crippen molar-refractivity contribution in [3.05, 3.63) is 72.3 Å². The molecule has 0 spiro atoms. The van der Waals surface area contributed by atoms with Crippen LogP contribution in [0.4, 0.5) is 5.82 Å². The molecule has 154 valence electrons. The molecule has 0 aliphatic carbocycles. The summed E-state index contributed by atoms with van der Waals surface area (Å²) in [6.45, 7) is 0. The molecule has 1 heterocycles. The smallest absolute Gasteiger partial charge is 0.305 e. The van der Waals surface area contributed by atoms with Gasteiger partial charge in [0, 0.05) is 6.07 Å². The van der Waals surface area contributed by atoms with Crippen molar-refractivity contribution in [1.82, 2.24) is 15.5 Å². The number of carboxylic acids is 1. The monoisotopic (exact) mass is 424 g/mol. The van der Waals surface area contributed by atoms with Crippen molar-refractivity contribution in [1.29, 1.82) is 0 Å². The van der Waals surface area contributed by atoms with E-state index in [1.54, 1.807) is 43.5 Å². The maximum Gasteiger partial charge on any atom is 0.305 e. The van der Waals surface area contributed by atoms with Gasteiger partial charge in [0.15, 0.2) is 10.9 Å². The summed E-state index contributed by atoms with van der Waals surface area (Å²) in [4.78, 5) is 11.3. The minimum Gasteiger partial charge on any atom is -0.497 e. The van der Waals surface area contributed by atoms with Crippen molar-refractivity contribution in [2.75, 3.05) is 12.4 Å². The number of carbonyl (C=O) groups is 1. The Morgan fingerprint density at radius 3 is 2.50 bits per heavy atom. The second-order valence-corrected chi connectivity index (χ2v) is 6.61. The maximum atomic E-state index is 11.3. The molecule has 8 nitrogen and oxygen atoms in total. The van der Waals surface area contributed by atoms with Gasteiger partial charge in [-0.15, -0.1) is 10.2 Å². The van der Waals surface area contributed by atoms with Crippen molar-refractivity contribution < 1.29 is 19.4 Å². The lowest BCUT2D eigenvalue weighted by atomic mass is 10.0. The summed E-state index contributed by atoms with van der Waals surface area (Å²) in [5.74, 6) is 1.06. The molecule has 1 atom stereocenters. The number of hydrogen-bond acceptors (Lipinski definition) is 6. The largest absolute Gasteiger partial charge is 0.497 e. The highest BCUT2D eigenvalue weighted by atomic mass is 32.1. The summed E-state index contributed by atoms with van der Waals surface area (Å²) in [6, 6.07) is 19.2. The van der Waals surface area contributed by atoms with Crippen molar-refractivity contribution in [2.45, 2.75) is 12.5 Å². The first-order valence-electron chi connectivity index (χ1n) is 9.03. The molecule has 0 saturated heterocycles. The Hall–Kier alpha value is -3.72. The van der Waals surface area contributed by atoms with Gasteiger partial charge in [-0.1, -0.05) is 30.3 Å². The number of carboxylic acid groups (broad SMARTS) is 1. The summed E-state index contributed by atoms with van der Waals surface area (Å²) < 4.78 is 10.8. The van der Waals surface area contributed by atoms with E-state index in [0.717, 1.165) is 5.56 Å². The Morgan fingerprint density at radius 1 is 1.07 bits per heavy atom. The van der Waals surface area contributed by atoms with Crippen LogP contribution in [0.5, 0.6) is 17.4 Å². The molecule has 1 unspecified atom stereocenters. The second kappa shape index (κ2) is 10.2. The fourth-order valence-corrected chi connectivity index (χ4v) is 2.89. The van der Waals surface area contributed by atoms with Crippen molar-refractivity contribution in [3.8, 4) is 17.4 Å². The molecule has 0 fully saturated rings. The molecule has 3 rings (SSSR count). The number of rotatable bonds is 8. The number of anilines is 1. The van der Waals surface area contributed by atoms with Crippen molar-refractivity contribution in [3.63, 3.8) is 0 Å². The minimum absolute atomic E-state index is 0.162. The van der Waals surface area contributed by atoms with E-state index in [0.29, 0.717) is 23.2 Å². The van der Waals surface area contributed by atoms with Gasteiger partial charge in [0.1, 0.15) is 11.5 Å². The molecule has 0 aliphatic rings. The summed E-state index contributed by atoms with van der Waals surface area (Å²) in [5.41, 5.74) is 0.735. The molecule has 9 heteroatoms. The standard InChI is InChI=1S/C21H20N4O4S/c1-28-16-9-5-6-14(12-16)17(13-20(26)27)22-21(30)23-18-10-11-19(25-24-18)29-15-7-3-2-4-8-15/h2-12,17H,13H2,1H3,(H,26,27)(H2,22,23,24,30). The SMILES string of the molecule is COc1cccc(C(CC(=O)O)NC(=S)Nc2ccc(Oc3ccccc3)nn2)c1. The van der Waals surface area contributed by atoms with Crippen LogP contribution < -0.4 is 20.1 Å². The van der Waals surface area contributed by atoms with Gasteiger partial charge >= 0.3 is 5.97 Å². The molecule has 2 aromatic carbocycles. The van der Waals surface area contributed by atoms with Gasteiger partial charge in [-0.3, -0.25) is 4.79 Å². The number of nitrogens with one attached hydrogen (secondary N) is 2. The molecule has 0 amide bonds. The molecule has 0 radical (unpaired) electrons. The molecule has 0 aliphatic heterocycles. The Bertz CT molecular complexity index is 999. The molecule has 0 saturated carbocycles. The first kappa shape index (κ1) is 21.0. The zero-order valence-corrected chi connectivity index (χ0v) is 16.9. The van der Waals surface area contributed by atoms with Crippen LogP contribution in [0.25, 0.3) is 0 Å². The lowest BCUT2D eigenvalue weighted by Crippen LogP contribution is -2.33. The lowest BCUT2D eigenvalue weighted by molar-refractivity contribution is -0.137. The number of ether oxygens (including phenoxy) is 2. The number of nitrogens with zero attached hydrogens (tertiary/aromatic N) is 2. The van der Waals surface area contributed by atoms with Gasteiger partial charge in [0.2, 0.25) is 5.88 Å². The van der Waals surface area contributed by atoms with Crippen LogP contribution in [-0.2, 0) is 4.79 Å².